The highest BCUT2D eigenvalue weighted by atomic mass is 79.9. The van der Waals surface area contributed by atoms with Gasteiger partial charge in [-0.15, -0.1) is 11.3 Å². The Hall–Kier alpha value is -1.79. The fourth-order valence-electron chi connectivity index (χ4n) is 2.83. The predicted molar refractivity (Wildman–Crippen MR) is 98.5 cm³/mol. The predicted octanol–water partition coefficient (Wildman–Crippen LogP) is 1.83. The quantitative estimate of drug-likeness (QED) is 0.477. The zero-order valence-electron chi connectivity index (χ0n) is 13.4. The van der Waals surface area contributed by atoms with Crippen molar-refractivity contribution in [3.8, 4) is 0 Å². The molecule has 1 amide bonds. The van der Waals surface area contributed by atoms with Crippen LogP contribution in [0.15, 0.2) is 28.2 Å². The van der Waals surface area contributed by atoms with E-state index in [0.29, 0.717) is 13.0 Å². The number of amides is 1. The van der Waals surface area contributed by atoms with Crippen LogP contribution >= 0.6 is 27.3 Å². The van der Waals surface area contributed by atoms with Gasteiger partial charge in [0.05, 0.1) is 29.3 Å². The van der Waals surface area contributed by atoms with Crippen molar-refractivity contribution in [3.63, 3.8) is 0 Å². The Morgan fingerprint density at radius 3 is 2.85 bits per heavy atom. The molecule has 2 aromatic rings. The summed E-state index contributed by atoms with van der Waals surface area (Å²) >= 11 is 4.53. The summed E-state index contributed by atoms with van der Waals surface area (Å²) in [7, 11) is -3.15. The maximum absolute atomic E-state index is 12.8. The largest absolute Gasteiger partial charge is 0.404 e. The molecule has 0 bridgehead atoms. The van der Waals surface area contributed by atoms with Gasteiger partial charge < -0.3 is 15.0 Å². The van der Waals surface area contributed by atoms with Crippen molar-refractivity contribution in [3.05, 3.63) is 43.2 Å². The molecule has 3 rings (SSSR count). The smallest absolute Gasteiger partial charge is 0.358 e. The van der Waals surface area contributed by atoms with Crippen LogP contribution in [0.1, 0.15) is 11.3 Å². The maximum Gasteiger partial charge on any atom is 0.404 e. The molecule has 1 aliphatic heterocycles. The first-order chi connectivity index (χ1) is 12.2. The lowest BCUT2D eigenvalue weighted by molar-refractivity contribution is -0.390. The lowest BCUT2D eigenvalue weighted by Gasteiger charge is -2.27. The Balaban J connectivity index is 1.80. The number of thiophene rings is 1. The molecule has 2 aromatic heterocycles. The van der Waals surface area contributed by atoms with E-state index in [1.807, 2.05) is 17.5 Å². The number of rotatable bonds is 6. The van der Waals surface area contributed by atoms with Crippen LogP contribution < -0.4 is 0 Å². The molecule has 0 aliphatic carbocycles. The lowest BCUT2D eigenvalue weighted by atomic mass is 10.2. The van der Waals surface area contributed by atoms with Crippen molar-refractivity contribution in [2.24, 2.45) is 0 Å². The number of carbonyl (C=O) groups excluding carboxylic acids is 1. The van der Waals surface area contributed by atoms with Crippen molar-refractivity contribution in [2.75, 3.05) is 11.5 Å². The van der Waals surface area contributed by atoms with Gasteiger partial charge in [0.15, 0.2) is 9.84 Å². The third-order valence-electron chi connectivity index (χ3n) is 4.05. The van der Waals surface area contributed by atoms with Gasteiger partial charge in [0.2, 0.25) is 5.91 Å². The number of hydrogen-bond acceptors (Lipinski definition) is 7. The van der Waals surface area contributed by atoms with Gasteiger partial charge in [-0.2, -0.15) is 4.68 Å². The van der Waals surface area contributed by atoms with Gasteiger partial charge in [-0.25, -0.2) is 8.42 Å². The first-order valence-corrected chi connectivity index (χ1v) is 11.1. The summed E-state index contributed by atoms with van der Waals surface area (Å²) in [4.78, 5) is 25.5. The van der Waals surface area contributed by atoms with Gasteiger partial charge in [0, 0.05) is 10.9 Å². The second-order valence-electron chi connectivity index (χ2n) is 5.91. The number of hydrogen-bond donors (Lipinski definition) is 0. The van der Waals surface area contributed by atoms with Crippen LogP contribution in [0.5, 0.6) is 0 Å². The standard InChI is InChI=1S/C14H15BrN4O5S2/c15-12-7-17(16-14(12)19(21)22)8-13(20)18(6-11-2-1-4-25-11)10-3-5-26(23,24)9-10/h1-2,4,7,10H,3,5-6,8-9H2. The number of sulfone groups is 1. The van der Waals surface area contributed by atoms with E-state index in [1.165, 1.54) is 27.1 Å². The molecule has 1 saturated heterocycles. The van der Waals surface area contributed by atoms with Gasteiger partial charge in [0.25, 0.3) is 0 Å². The van der Waals surface area contributed by atoms with Gasteiger partial charge in [-0.1, -0.05) is 6.07 Å². The summed E-state index contributed by atoms with van der Waals surface area (Å²) in [5.74, 6) is -0.700. The van der Waals surface area contributed by atoms with Crippen LogP contribution in [0.4, 0.5) is 5.82 Å². The monoisotopic (exact) mass is 462 g/mol. The van der Waals surface area contributed by atoms with Crippen molar-refractivity contribution >= 4 is 48.8 Å². The van der Waals surface area contributed by atoms with Crippen LogP contribution in [0.3, 0.4) is 0 Å². The van der Waals surface area contributed by atoms with E-state index < -0.39 is 20.8 Å². The number of aromatic nitrogens is 2. The van der Waals surface area contributed by atoms with Crippen molar-refractivity contribution < 1.29 is 18.1 Å². The summed E-state index contributed by atoms with van der Waals surface area (Å²) in [6.07, 6.45) is 1.76. The average Bonchev–Trinajstić information content (AvgIpc) is 3.25. The van der Waals surface area contributed by atoms with Crippen LogP contribution in [0.2, 0.25) is 0 Å². The molecular weight excluding hydrogens is 448 g/mol. The van der Waals surface area contributed by atoms with E-state index >= 15 is 0 Å². The lowest BCUT2D eigenvalue weighted by Crippen LogP contribution is -2.42. The number of halogens is 1. The van der Waals surface area contributed by atoms with E-state index in [1.54, 1.807) is 0 Å². The maximum atomic E-state index is 12.8. The van der Waals surface area contributed by atoms with Gasteiger partial charge >= 0.3 is 5.82 Å². The fraction of sp³-hybridized carbons (Fsp3) is 0.429. The highest BCUT2D eigenvalue weighted by Gasteiger charge is 2.35. The van der Waals surface area contributed by atoms with E-state index in [9.17, 15) is 23.3 Å². The van der Waals surface area contributed by atoms with Crippen LogP contribution in [-0.4, -0.2) is 51.5 Å². The first kappa shape index (κ1) is 19.0. The average molecular weight is 463 g/mol. The molecule has 0 radical (unpaired) electrons. The highest BCUT2D eigenvalue weighted by Crippen LogP contribution is 2.24. The fourth-order valence-corrected chi connectivity index (χ4v) is 5.73. The van der Waals surface area contributed by atoms with Crippen LogP contribution in [-0.2, 0) is 27.7 Å². The third kappa shape index (κ3) is 4.30. The Bertz CT molecular complexity index is 925. The van der Waals surface area contributed by atoms with Crippen LogP contribution in [0.25, 0.3) is 0 Å². The summed E-state index contributed by atoms with van der Waals surface area (Å²) < 4.78 is 25.0. The first-order valence-electron chi connectivity index (χ1n) is 7.65. The molecule has 0 aromatic carbocycles. The van der Waals surface area contributed by atoms with E-state index in [4.69, 9.17) is 0 Å². The molecule has 12 heteroatoms. The second-order valence-corrected chi connectivity index (χ2v) is 10.0. The second kappa shape index (κ2) is 7.45. The van der Waals surface area contributed by atoms with E-state index in [-0.39, 0.29) is 34.2 Å². The topological polar surface area (TPSA) is 115 Å². The molecule has 9 nitrogen and oxygen atoms in total. The minimum atomic E-state index is -3.15. The Morgan fingerprint density at radius 1 is 1.54 bits per heavy atom. The van der Waals surface area contributed by atoms with Crippen LogP contribution in [0, 0.1) is 10.1 Å². The van der Waals surface area contributed by atoms with Crippen molar-refractivity contribution in [1.82, 2.24) is 14.7 Å². The third-order valence-corrected chi connectivity index (χ3v) is 7.22. The molecule has 0 spiro atoms. The normalized spacial score (nSPS) is 18.7. The van der Waals surface area contributed by atoms with E-state index in [2.05, 4.69) is 21.0 Å². The van der Waals surface area contributed by atoms with E-state index in [0.717, 1.165) is 4.88 Å². The summed E-state index contributed by atoms with van der Waals surface area (Å²) in [6, 6.07) is 3.34. The molecule has 0 saturated carbocycles. The summed E-state index contributed by atoms with van der Waals surface area (Å²) in [5, 5.41) is 16.6. The molecule has 3 heterocycles. The zero-order valence-corrected chi connectivity index (χ0v) is 16.7. The highest BCUT2D eigenvalue weighted by molar-refractivity contribution is 9.10. The molecule has 0 N–H and O–H groups in total. The van der Waals surface area contributed by atoms with Crippen molar-refractivity contribution in [1.29, 1.82) is 0 Å². The Labute approximate surface area is 161 Å². The number of nitrogens with zero attached hydrogens (tertiary/aromatic N) is 4. The Kier molecular flexibility index (Phi) is 5.44. The summed E-state index contributed by atoms with van der Waals surface area (Å²) in [6.45, 7) is 0.107. The van der Waals surface area contributed by atoms with Crippen molar-refractivity contribution in [2.45, 2.75) is 25.6 Å². The molecule has 140 valence electrons. The zero-order chi connectivity index (χ0) is 18.9. The minimum Gasteiger partial charge on any atom is -0.358 e. The molecule has 1 unspecified atom stereocenters. The Morgan fingerprint density at radius 2 is 2.31 bits per heavy atom. The van der Waals surface area contributed by atoms with Gasteiger partial charge in [-0.3, -0.25) is 4.79 Å². The summed E-state index contributed by atoms with van der Waals surface area (Å²) in [5.41, 5.74) is 0. The number of nitro groups is 1. The molecule has 26 heavy (non-hydrogen) atoms. The number of carbonyl (C=O) groups is 1. The molecular formula is C14H15BrN4O5S2. The minimum absolute atomic E-state index is 0.0602. The molecule has 1 atom stereocenters. The van der Waals surface area contributed by atoms with Gasteiger partial charge in [0.1, 0.15) is 11.0 Å². The SMILES string of the molecule is O=C(Cn1cc(Br)c([N+](=O)[O-])n1)N(Cc1cccs1)C1CCS(=O)(=O)C1. The van der Waals surface area contributed by atoms with Gasteiger partial charge in [-0.05, 0) is 38.7 Å². The molecule has 1 fully saturated rings. The molecule has 1 aliphatic rings.